The Bertz CT molecular complexity index is 360. The van der Waals surface area contributed by atoms with E-state index in [4.69, 9.17) is 22.1 Å². The molecule has 0 unspecified atom stereocenters. The summed E-state index contributed by atoms with van der Waals surface area (Å²) in [4.78, 5) is 0. The quantitative estimate of drug-likeness (QED) is 0.745. The predicted octanol–water partition coefficient (Wildman–Crippen LogP) is 2.07. The van der Waals surface area contributed by atoms with E-state index in [9.17, 15) is 0 Å². The summed E-state index contributed by atoms with van der Waals surface area (Å²) in [7, 11) is 0. The Morgan fingerprint density at radius 2 is 2.31 bits per heavy atom. The van der Waals surface area contributed by atoms with Gasteiger partial charge in [0.1, 0.15) is 12.4 Å². The Hall–Kier alpha value is -0.990. The summed E-state index contributed by atoms with van der Waals surface area (Å²) in [5, 5.41) is 0.698. The van der Waals surface area contributed by atoms with Crippen LogP contribution in [-0.4, -0.2) is 13.2 Å². The molecule has 1 aromatic rings. The highest BCUT2D eigenvalue weighted by atomic mass is 35.5. The lowest BCUT2D eigenvalue weighted by Crippen LogP contribution is -2.14. The van der Waals surface area contributed by atoms with Gasteiger partial charge in [0.25, 0.3) is 0 Å². The van der Waals surface area contributed by atoms with Crippen LogP contribution >= 0.6 is 11.6 Å². The number of rotatable bonds is 1. The van der Waals surface area contributed by atoms with Crippen LogP contribution in [-0.2, 0) is 0 Å². The molecule has 2 N–H and O–H groups in total. The molecule has 0 saturated carbocycles. The first-order chi connectivity index (χ1) is 6.29. The van der Waals surface area contributed by atoms with Crippen LogP contribution in [0.25, 0.3) is 6.08 Å². The van der Waals surface area contributed by atoms with Crippen LogP contribution in [0.1, 0.15) is 5.56 Å². The minimum atomic E-state index is 0.544. The normalized spacial score (nSPS) is 14.5. The molecule has 1 aromatic carbocycles. The van der Waals surface area contributed by atoms with Crippen molar-refractivity contribution in [1.82, 2.24) is 0 Å². The van der Waals surface area contributed by atoms with Gasteiger partial charge in [0.15, 0.2) is 0 Å². The highest BCUT2D eigenvalue weighted by Gasteiger charge is 2.09. The predicted molar refractivity (Wildman–Crippen MR) is 54.0 cm³/mol. The molecule has 68 valence electrons. The molecule has 2 nitrogen and oxygen atoms in total. The van der Waals surface area contributed by atoms with Gasteiger partial charge < -0.3 is 10.5 Å². The standard InChI is InChI=1S/C10H10ClNO/c11-9-2-1-8-3-7(5-12)6-13-10(8)4-9/h1-4H,5-6,12H2. The Morgan fingerprint density at radius 1 is 1.46 bits per heavy atom. The summed E-state index contributed by atoms with van der Waals surface area (Å²) in [5.41, 5.74) is 7.67. The molecular formula is C10H10ClNO. The largest absolute Gasteiger partial charge is 0.489 e. The van der Waals surface area contributed by atoms with E-state index in [-0.39, 0.29) is 0 Å². The Kier molecular flexibility index (Phi) is 2.25. The van der Waals surface area contributed by atoms with E-state index in [1.54, 1.807) is 0 Å². The highest BCUT2D eigenvalue weighted by Crippen LogP contribution is 2.28. The molecule has 2 rings (SSSR count). The fraction of sp³-hybridized carbons (Fsp3) is 0.200. The van der Waals surface area contributed by atoms with Gasteiger partial charge in [0.2, 0.25) is 0 Å². The van der Waals surface area contributed by atoms with E-state index in [1.807, 2.05) is 18.2 Å². The maximum absolute atomic E-state index is 5.82. The van der Waals surface area contributed by atoms with Gasteiger partial charge in [0, 0.05) is 17.1 Å². The molecule has 0 amide bonds. The lowest BCUT2D eigenvalue weighted by Gasteiger charge is -2.16. The van der Waals surface area contributed by atoms with Crippen LogP contribution in [0.5, 0.6) is 5.75 Å². The molecule has 0 fully saturated rings. The second-order valence-corrected chi connectivity index (χ2v) is 3.41. The lowest BCUT2D eigenvalue weighted by molar-refractivity contribution is 0.345. The molecule has 1 heterocycles. The topological polar surface area (TPSA) is 35.2 Å². The molecule has 3 heteroatoms. The number of fused-ring (bicyclic) bond motifs is 1. The third-order valence-corrected chi connectivity index (χ3v) is 2.25. The number of hydrogen-bond donors (Lipinski definition) is 1. The first-order valence-corrected chi connectivity index (χ1v) is 4.49. The maximum atomic E-state index is 5.82. The Morgan fingerprint density at radius 3 is 3.08 bits per heavy atom. The first-order valence-electron chi connectivity index (χ1n) is 4.11. The minimum absolute atomic E-state index is 0.544. The van der Waals surface area contributed by atoms with Gasteiger partial charge in [-0.05, 0) is 29.8 Å². The number of benzene rings is 1. The van der Waals surface area contributed by atoms with Crippen molar-refractivity contribution < 1.29 is 4.74 Å². The van der Waals surface area contributed by atoms with Crippen molar-refractivity contribution in [2.75, 3.05) is 13.2 Å². The zero-order valence-corrected chi connectivity index (χ0v) is 7.84. The summed E-state index contributed by atoms with van der Waals surface area (Å²) in [6.45, 7) is 1.12. The average molecular weight is 196 g/mol. The zero-order valence-electron chi connectivity index (χ0n) is 7.09. The number of ether oxygens (including phenoxy) is 1. The molecule has 0 radical (unpaired) electrons. The summed E-state index contributed by atoms with van der Waals surface area (Å²) in [6.07, 6.45) is 2.05. The van der Waals surface area contributed by atoms with Crippen LogP contribution in [0.4, 0.5) is 0 Å². The van der Waals surface area contributed by atoms with Crippen LogP contribution in [0, 0.1) is 0 Å². The minimum Gasteiger partial charge on any atom is -0.489 e. The molecule has 1 aliphatic heterocycles. The van der Waals surface area contributed by atoms with Gasteiger partial charge in [-0.1, -0.05) is 11.6 Å². The number of hydrogen-bond acceptors (Lipinski definition) is 2. The summed E-state index contributed by atoms with van der Waals surface area (Å²) in [5.74, 6) is 0.838. The molecule has 0 aliphatic carbocycles. The number of halogens is 1. The average Bonchev–Trinajstić information content (AvgIpc) is 2.17. The molecule has 0 spiro atoms. The fourth-order valence-corrected chi connectivity index (χ4v) is 1.46. The summed E-state index contributed by atoms with van der Waals surface area (Å²) < 4.78 is 5.48. The van der Waals surface area contributed by atoms with Crippen LogP contribution in [0.15, 0.2) is 23.8 Å². The first kappa shape index (κ1) is 8.60. The molecule has 13 heavy (non-hydrogen) atoms. The molecule has 1 aliphatic rings. The van der Waals surface area contributed by atoms with Gasteiger partial charge in [-0.2, -0.15) is 0 Å². The van der Waals surface area contributed by atoms with E-state index in [0.717, 1.165) is 16.9 Å². The Balaban J connectivity index is 2.42. The van der Waals surface area contributed by atoms with Gasteiger partial charge in [0.05, 0.1) is 0 Å². The zero-order chi connectivity index (χ0) is 9.26. The molecule has 0 aromatic heterocycles. The van der Waals surface area contributed by atoms with Gasteiger partial charge in [-0.15, -0.1) is 0 Å². The second-order valence-electron chi connectivity index (χ2n) is 2.98. The molecule has 0 atom stereocenters. The van der Waals surface area contributed by atoms with Gasteiger partial charge >= 0.3 is 0 Å². The monoisotopic (exact) mass is 195 g/mol. The third-order valence-electron chi connectivity index (χ3n) is 2.01. The number of nitrogens with two attached hydrogens (primary N) is 1. The second kappa shape index (κ2) is 3.40. The maximum Gasteiger partial charge on any atom is 0.128 e. The van der Waals surface area contributed by atoms with Crippen LogP contribution in [0.3, 0.4) is 0 Å². The molecular weight excluding hydrogens is 186 g/mol. The summed E-state index contributed by atoms with van der Waals surface area (Å²) >= 11 is 5.82. The van der Waals surface area contributed by atoms with Crippen molar-refractivity contribution in [1.29, 1.82) is 0 Å². The van der Waals surface area contributed by atoms with Crippen molar-refractivity contribution in [2.45, 2.75) is 0 Å². The van der Waals surface area contributed by atoms with Crippen molar-refractivity contribution >= 4 is 17.7 Å². The van der Waals surface area contributed by atoms with Gasteiger partial charge in [-0.25, -0.2) is 0 Å². The summed E-state index contributed by atoms with van der Waals surface area (Å²) in [6, 6.07) is 5.60. The smallest absolute Gasteiger partial charge is 0.128 e. The lowest BCUT2D eigenvalue weighted by atomic mass is 10.1. The van der Waals surface area contributed by atoms with E-state index >= 15 is 0 Å². The highest BCUT2D eigenvalue weighted by molar-refractivity contribution is 6.30. The van der Waals surface area contributed by atoms with Gasteiger partial charge in [-0.3, -0.25) is 0 Å². The van der Waals surface area contributed by atoms with Crippen molar-refractivity contribution in [3.05, 3.63) is 34.4 Å². The van der Waals surface area contributed by atoms with Crippen LogP contribution in [0.2, 0.25) is 5.02 Å². The SMILES string of the molecule is NCC1=Cc2ccc(Cl)cc2OC1. The fourth-order valence-electron chi connectivity index (χ4n) is 1.30. The third kappa shape index (κ3) is 1.69. The van der Waals surface area contributed by atoms with Crippen molar-refractivity contribution in [3.8, 4) is 5.75 Å². The van der Waals surface area contributed by atoms with Crippen molar-refractivity contribution in [3.63, 3.8) is 0 Å². The van der Waals surface area contributed by atoms with E-state index in [2.05, 4.69) is 6.08 Å². The van der Waals surface area contributed by atoms with E-state index < -0.39 is 0 Å². The van der Waals surface area contributed by atoms with E-state index in [0.29, 0.717) is 18.2 Å². The van der Waals surface area contributed by atoms with Crippen LogP contribution < -0.4 is 10.5 Å². The van der Waals surface area contributed by atoms with E-state index in [1.165, 1.54) is 0 Å². The Labute approximate surface area is 82.0 Å². The molecule has 0 bridgehead atoms. The molecule has 0 saturated heterocycles. The van der Waals surface area contributed by atoms with Crippen molar-refractivity contribution in [2.24, 2.45) is 5.73 Å².